The highest BCUT2D eigenvalue weighted by Crippen LogP contribution is 2.50. The zero-order chi connectivity index (χ0) is 42.8. The van der Waals surface area contributed by atoms with Crippen LogP contribution in [-0.4, -0.2) is 0 Å². The van der Waals surface area contributed by atoms with E-state index in [1.165, 1.54) is 99.1 Å². The zero-order valence-electron chi connectivity index (χ0n) is 36.0. The van der Waals surface area contributed by atoms with Gasteiger partial charge in [-0.3, -0.25) is 0 Å². The van der Waals surface area contributed by atoms with Crippen LogP contribution in [0.3, 0.4) is 0 Å². The highest BCUT2D eigenvalue weighted by molar-refractivity contribution is 6.12. The van der Waals surface area contributed by atoms with Crippen molar-refractivity contribution in [2.24, 2.45) is 0 Å². The number of benzene rings is 11. The molecule has 11 aromatic carbocycles. The molecule has 0 spiro atoms. The summed E-state index contributed by atoms with van der Waals surface area (Å²) >= 11 is 0. The minimum atomic E-state index is -0.0111. The standard InChI is InChI=1S/C63H45N/c1-63(2)61-20-8-7-16-59(61)60-41-49(32-40-62(60)63)44-27-35-51(36-28-44)64(52-37-29-48(30-38-52)56-18-10-19-57-55-15-6-4-12-46(55)31-39-58(56)57)50-33-25-43(26-34-50)42-21-23-47(24-22-42)54-17-9-13-45-11-3-5-14-53(45)54/h3-41H,1-2H3. The third-order valence-electron chi connectivity index (χ3n) is 13.7. The minimum Gasteiger partial charge on any atom is -0.311 e. The summed E-state index contributed by atoms with van der Waals surface area (Å²) in [6.07, 6.45) is 0. The first kappa shape index (κ1) is 37.7. The molecule has 0 saturated carbocycles. The van der Waals surface area contributed by atoms with Crippen molar-refractivity contribution in [2.45, 2.75) is 19.3 Å². The molecular formula is C63H45N. The van der Waals surface area contributed by atoms with Crippen LogP contribution in [0, 0.1) is 0 Å². The van der Waals surface area contributed by atoms with Gasteiger partial charge in [0.15, 0.2) is 0 Å². The van der Waals surface area contributed by atoms with Gasteiger partial charge in [-0.25, -0.2) is 0 Å². The topological polar surface area (TPSA) is 3.24 Å². The van der Waals surface area contributed by atoms with E-state index in [4.69, 9.17) is 0 Å². The van der Waals surface area contributed by atoms with Gasteiger partial charge < -0.3 is 4.90 Å². The van der Waals surface area contributed by atoms with E-state index in [1.807, 2.05) is 0 Å². The number of anilines is 3. The largest absolute Gasteiger partial charge is 0.311 e. The fraction of sp³-hybridized carbons (Fsp3) is 0.0476. The van der Waals surface area contributed by atoms with E-state index >= 15 is 0 Å². The Morgan fingerprint density at radius 2 is 0.688 bits per heavy atom. The van der Waals surface area contributed by atoms with Gasteiger partial charge in [0.1, 0.15) is 0 Å². The van der Waals surface area contributed by atoms with Crippen molar-refractivity contribution in [3.8, 4) is 55.6 Å². The monoisotopic (exact) mass is 815 g/mol. The first-order valence-electron chi connectivity index (χ1n) is 22.3. The number of fused-ring (bicyclic) bond motifs is 7. The highest BCUT2D eigenvalue weighted by Gasteiger charge is 2.35. The summed E-state index contributed by atoms with van der Waals surface area (Å²) in [4.78, 5) is 2.37. The predicted octanol–water partition coefficient (Wildman–Crippen LogP) is 17.6. The summed E-state index contributed by atoms with van der Waals surface area (Å²) in [7, 11) is 0. The first-order valence-corrected chi connectivity index (χ1v) is 22.3. The van der Waals surface area contributed by atoms with Gasteiger partial charge in [-0.15, -0.1) is 0 Å². The van der Waals surface area contributed by atoms with Gasteiger partial charge in [-0.05, 0) is 142 Å². The molecule has 11 aromatic rings. The van der Waals surface area contributed by atoms with Crippen molar-refractivity contribution in [2.75, 3.05) is 4.90 Å². The average Bonchev–Trinajstić information content (AvgIpc) is 3.59. The molecule has 1 aliphatic rings. The normalized spacial score (nSPS) is 12.7. The predicted molar refractivity (Wildman–Crippen MR) is 273 cm³/mol. The molecule has 0 aromatic heterocycles. The average molecular weight is 816 g/mol. The van der Waals surface area contributed by atoms with Crippen LogP contribution in [-0.2, 0) is 5.41 Å². The van der Waals surface area contributed by atoms with E-state index in [9.17, 15) is 0 Å². The number of rotatable bonds is 7. The Labute approximate surface area is 375 Å². The van der Waals surface area contributed by atoms with Crippen molar-refractivity contribution < 1.29 is 0 Å². The number of nitrogens with zero attached hydrogens (tertiary/aromatic N) is 1. The summed E-state index contributed by atoms with van der Waals surface area (Å²) in [6, 6.07) is 87.1. The summed E-state index contributed by atoms with van der Waals surface area (Å²) in [5, 5.41) is 7.62. The van der Waals surface area contributed by atoms with Crippen LogP contribution in [0.5, 0.6) is 0 Å². The summed E-state index contributed by atoms with van der Waals surface area (Å²) in [5.41, 5.74) is 18.5. The van der Waals surface area contributed by atoms with Gasteiger partial charge in [0.05, 0.1) is 0 Å². The van der Waals surface area contributed by atoms with Crippen LogP contribution in [0.4, 0.5) is 17.1 Å². The Bertz CT molecular complexity index is 3540. The second-order valence-corrected chi connectivity index (χ2v) is 17.7. The molecule has 64 heavy (non-hydrogen) atoms. The smallest absolute Gasteiger partial charge is 0.0462 e. The highest BCUT2D eigenvalue weighted by atomic mass is 15.1. The maximum atomic E-state index is 2.39. The van der Waals surface area contributed by atoms with E-state index in [2.05, 4.69) is 255 Å². The van der Waals surface area contributed by atoms with Gasteiger partial charge in [0.2, 0.25) is 0 Å². The third kappa shape index (κ3) is 6.31. The molecule has 0 amide bonds. The van der Waals surface area contributed by atoms with Gasteiger partial charge in [0.25, 0.3) is 0 Å². The Morgan fingerprint density at radius 3 is 1.36 bits per heavy atom. The lowest BCUT2D eigenvalue weighted by atomic mass is 9.82. The number of hydrogen-bond acceptors (Lipinski definition) is 1. The van der Waals surface area contributed by atoms with Gasteiger partial charge >= 0.3 is 0 Å². The van der Waals surface area contributed by atoms with Crippen LogP contribution in [0.15, 0.2) is 237 Å². The maximum absolute atomic E-state index is 2.39. The fourth-order valence-corrected chi connectivity index (χ4v) is 10.4. The number of hydrogen-bond donors (Lipinski definition) is 0. The zero-order valence-corrected chi connectivity index (χ0v) is 36.0. The molecular weight excluding hydrogens is 771 g/mol. The lowest BCUT2D eigenvalue weighted by Crippen LogP contribution is -2.14. The fourth-order valence-electron chi connectivity index (χ4n) is 10.4. The van der Waals surface area contributed by atoms with Gasteiger partial charge in [0, 0.05) is 22.5 Å². The molecule has 1 aliphatic carbocycles. The van der Waals surface area contributed by atoms with Crippen molar-refractivity contribution in [3.05, 3.63) is 248 Å². The molecule has 1 nitrogen and oxygen atoms in total. The second kappa shape index (κ2) is 15.1. The lowest BCUT2D eigenvalue weighted by molar-refractivity contribution is 0.660. The Morgan fingerprint density at radius 1 is 0.266 bits per heavy atom. The molecule has 0 N–H and O–H groups in total. The van der Waals surface area contributed by atoms with Crippen molar-refractivity contribution >= 4 is 49.4 Å². The second-order valence-electron chi connectivity index (χ2n) is 17.7. The molecule has 0 fully saturated rings. The minimum absolute atomic E-state index is 0.0111. The Hall–Kier alpha value is -8.00. The summed E-state index contributed by atoms with van der Waals surface area (Å²) < 4.78 is 0. The molecule has 0 unspecified atom stereocenters. The Kier molecular flexibility index (Phi) is 8.91. The van der Waals surface area contributed by atoms with Crippen LogP contribution in [0.2, 0.25) is 0 Å². The van der Waals surface area contributed by atoms with Crippen molar-refractivity contribution in [3.63, 3.8) is 0 Å². The molecule has 0 atom stereocenters. The van der Waals surface area contributed by atoms with Crippen molar-refractivity contribution in [1.29, 1.82) is 0 Å². The quantitative estimate of drug-likeness (QED) is 0.145. The molecule has 1 heteroatoms. The third-order valence-corrected chi connectivity index (χ3v) is 13.7. The molecule has 0 radical (unpaired) electrons. The summed E-state index contributed by atoms with van der Waals surface area (Å²) in [5.74, 6) is 0. The van der Waals surface area contributed by atoms with Crippen LogP contribution >= 0.6 is 0 Å². The van der Waals surface area contributed by atoms with E-state index in [0.29, 0.717) is 0 Å². The van der Waals surface area contributed by atoms with Gasteiger partial charge in [-0.2, -0.15) is 0 Å². The van der Waals surface area contributed by atoms with E-state index in [0.717, 1.165) is 17.1 Å². The molecule has 0 heterocycles. The van der Waals surface area contributed by atoms with Crippen LogP contribution in [0.25, 0.3) is 88.0 Å². The Balaban J connectivity index is 0.902. The maximum Gasteiger partial charge on any atom is 0.0462 e. The van der Waals surface area contributed by atoms with E-state index < -0.39 is 0 Å². The van der Waals surface area contributed by atoms with Crippen LogP contribution < -0.4 is 4.90 Å². The SMILES string of the molecule is CC1(C)c2ccccc2-c2cc(-c3ccc(N(c4ccc(-c5ccc(-c6cccc7ccccc67)cc5)cc4)c4ccc(-c5cccc6c5ccc5ccccc56)cc4)cc3)ccc21. The molecule has 0 aliphatic heterocycles. The van der Waals surface area contributed by atoms with E-state index in [-0.39, 0.29) is 5.41 Å². The molecule has 0 bridgehead atoms. The molecule has 12 rings (SSSR count). The lowest BCUT2D eigenvalue weighted by Gasteiger charge is -2.26. The van der Waals surface area contributed by atoms with Crippen molar-refractivity contribution in [1.82, 2.24) is 0 Å². The molecule has 0 saturated heterocycles. The van der Waals surface area contributed by atoms with Crippen LogP contribution in [0.1, 0.15) is 25.0 Å². The van der Waals surface area contributed by atoms with E-state index in [1.54, 1.807) is 0 Å². The first-order chi connectivity index (χ1) is 31.5. The summed E-state index contributed by atoms with van der Waals surface area (Å²) in [6.45, 7) is 4.68. The van der Waals surface area contributed by atoms with Gasteiger partial charge in [-0.1, -0.05) is 208 Å². The molecule has 302 valence electrons.